The molecule has 2 aromatic rings. The van der Waals surface area contributed by atoms with E-state index in [4.69, 9.17) is 23.2 Å². The Bertz CT molecular complexity index is 573. The number of hydrogen-bond acceptors (Lipinski definition) is 2. The predicted octanol–water partition coefficient (Wildman–Crippen LogP) is 4.52. The third-order valence-corrected chi connectivity index (χ3v) is 2.85. The van der Waals surface area contributed by atoms with Gasteiger partial charge in [0.25, 0.3) is 6.43 Å². The molecule has 0 aliphatic carbocycles. The number of alkyl halides is 2. The van der Waals surface area contributed by atoms with E-state index >= 15 is 0 Å². The summed E-state index contributed by atoms with van der Waals surface area (Å²) in [5, 5.41) is 4.15. The summed E-state index contributed by atoms with van der Waals surface area (Å²) in [4.78, 5) is 3.85. The first-order chi connectivity index (χ1) is 8.02. The smallest absolute Gasteiger partial charge is 0.280 e. The highest BCUT2D eigenvalue weighted by Crippen LogP contribution is 2.34. The molecular weight excluding hydrogens is 269 g/mol. The Hall–Kier alpha value is -1.13. The van der Waals surface area contributed by atoms with Gasteiger partial charge in [0.15, 0.2) is 0 Å². The van der Waals surface area contributed by atoms with E-state index in [9.17, 15) is 8.78 Å². The quantitative estimate of drug-likeness (QED) is 0.872. The molecule has 90 valence electrons. The van der Waals surface area contributed by atoms with Gasteiger partial charge in [-0.15, -0.1) is 0 Å². The van der Waals surface area contributed by atoms with Crippen LogP contribution in [0.25, 0.3) is 10.9 Å². The number of nitrogens with one attached hydrogen (secondary N) is 1. The van der Waals surface area contributed by atoms with Gasteiger partial charge in [-0.25, -0.2) is 13.8 Å². The van der Waals surface area contributed by atoms with Crippen LogP contribution in [0.5, 0.6) is 0 Å². The lowest BCUT2D eigenvalue weighted by Gasteiger charge is -2.10. The van der Waals surface area contributed by atoms with Gasteiger partial charge < -0.3 is 5.32 Å². The molecule has 0 amide bonds. The number of benzene rings is 1. The van der Waals surface area contributed by atoms with Crippen molar-refractivity contribution < 1.29 is 8.78 Å². The van der Waals surface area contributed by atoms with E-state index in [1.165, 1.54) is 12.1 Å². The molecule has 1 aromatic carbocycles. The van der Waals surface area contributed by atoms with Crippen molar-refractivity contribution in [2.24, 2.45) is 0 Å². The standard InChI is InChI=1S/C11H8Cl2F2N2/c1-16-7-4-9(11(14)15)17-8-3-5(12)2-6(13)10(7)8/h2-4,11H,1H3,(H,16,17). The number of aromatic nitrogens is 1. The van der Waals surface area contributed by atoms with Crippen LogP contribution in [-0.4, -0.2) is 12.0 Å². The van der Waals surface area contributed by atoms with Gasteiger partial charge in [-0.2, -0.15) is 0 Å². The third kappa shape index (κ3) is 2.28. The van der Waals surface area contributed by atoms with Gasteiger partial charge in [-0.1, -0.05) is 23.2 Å². The lowest BCUT2D eigenvalue weighted by molar-refractivity contribution is 0.146. The number of fused-ring (bicyclic) bond motifs is 1. The van der Waals surface area contributed by atoms with E-state index in [1.807, 2.05) is 0 Å². The fourth-order valence-electron chi connectivity index (χ4n) is 1.62. The Morgan fingerprint density at radius 2 is 1.94 bits per heavy atom. The van der Waals surface area contributed by atoms with Crippen molar-refractivity contribution in [3.05, 3.63) is 33.9 Å². The number of halogens is 4. The molecule has 2 nitrogen and oxygen atoms in total. The molecule has 0 atom stereocenters. The molecule has 0 saturated carbocycles. The Morgan fingerprint density at radius 1 is 1.24 bits per heavy atom. The van der Waals surface area contributed by atoms with Crippen LogP contribution in [0.15, 0.2) is 18.2 Å². The van der Waals surface area contributed by atoms with Gasteiger partial charge in [-0.05, 0) is 18.2 Å². The molecular formula is C11H8Cl2F2N2. The van der Waals surface area contributed by atoms with E-state index in [0.29, 0.717) is 26.6 Å². The average Bonchev–Trinajstić information content (AvgIpc) is 2.26. The van der Waals surface area contributed by atoms with Crippen LogP contribution in [0, 0.1) is 0 Å². The number of rotatable bonds is 2. The highest BCUT2D eigenvalue weighted by atomic mass is 35.5. The Balaban J connectivity index is 2.82. The second kappa shape index (κ2) is 4.63. The SMILES string of the molecule is CNc1cc(C(F)F)nc2cc(Cl)cc(Cl)c12. The number of pyridine rings is 1. The van der Waals surface area contributed by atoms with Gasteiger partial charge in [0.1, 0.15) is 5.69 Å². The van der Waals surface area contributed by atoms with E-state index < -0.39 is 6.43 Å². The van der Waals surface area contributed by atoms with Crippen LogP contribution < -0.4 is 5.32 Å². The molecule has 17 heavy (non-hydrogen) atoms. The maximum Gasteiger partial charge on any atom is 0.280 e. The zero-order valence-electron chi connectivity index (χ0n) is 8.77. The van der Waals surface area contributed by atoms with Crippen molar-refractivity contribution >= 4 is 39.8 Å². The van der Waals surface area contributed by atoms with E-state index in [0.717, 1.165) is 0 Å². The Kier molecular flexibility index (Phi) is 3.35. The molecule has 1 aromatic heterocycles. The lowest BCUT2D eigenvalue weighted by Crippen LogP contribution is -1.97. The van der Waals surface area contributed by atoms with Crippen LogP contribution in [0.4, 0.5) is 14.5 Å². The van der Waals surface area contributed by atoms with Gasteiger partial charge in [-0.3, -0.25) is 0 Å². The minimum atomic E-state index is -2.63. The zero-order chi connectivity index (χ0) is 12.6. The molecule has 1 N–H and O–H groups in total. The number of anilines is 1. The molecule has 2 rings (SSSR count). The van der Waals surface area contributed by atoms with Crippen molar-refractivity contribution in [2.45, 2.75) is 6.43 Å². The topological polar surface area (TPSA) is 24.9 Å². The summed E-state index contributed by atoms with van der Waals surface area (Å²) in [7, 11) is 1.63. The lowest BCUT2D eigenvalue weighted by atomic mass is 10.1. The van der Waals surface area contributed by atoms with E-state index in [1.54, 1.807) is 13.1 Å². The van der Waals surface area contributed by atoms with Gasteiger partial charge in [0, 0.05) is 23.1 Å². The normalized spacial score (nSPS) is 11.2. The van der Waals surface area contributed by atoms with Gasteiger partial charge in [0.05, 0.1) is 10.5 Å². The molecule has 0 saturated heterocycles. The van der Waals surface area contributed by atoms with Crippen LogP contribution in [0.1, 0.15) is 12.1 Å². The summed E-state index contributed by atoms with van der Waals surface area (Å²) in [5.74, 6) is 0. The van der Waals surface area contributed by atoms with Gasteiger partial charge >= 0.3 is 0 Å². The summed E-state index contributed by atoms with van der Waals surface area (Å²) >= 11 is 11.8. The molecule has 0 aliphatic rings. The maximum atomic E-state index is 12.7. The molecule has 1 heterocycles. The molecule has 0 spiro atoms. The molecule has 0 bridgehead atoms. The summed E-state index contributed by atoms with van der Waals surface area (Å²) < 4.78 is 25.3. The minimum Gasteiger partial charge on any atom is -0.387 e. The minimum absolute atomic E-state index is 0.305. The summed E-state index contributed by atoms with van der Waals surface area (Å²) in [6, 6.07) is 4.35. The fraction of sp³-hybridized carbons (Fsp3) is 0.182. The first kappa shape index (κ1) is 12.3. The van der Waals surface area contributed by atoms with Crippen molar-refractivity contribution in [3.8, 4) is 0 Å². The average molecular weight is 277 g/mol. The van der Waals surface area contributed by atoms with E-state index in [-0.39, 0.29) is 5.69 Å². The van der Waals surface area contributed by atoms with Crippen LogP contribution >= 0.6 is 23.2 Å². The summed E-state index contributed by atoms with van der Waals surface area (Å²) in [5.41, 5.74) is 0.553. The highest BCUT2D eigenvalue weighted by molar-refractivity contribution is 6.39. The molecule has 0 aliphatic heterocycles. The van der Waals surface area contributed by atoms with Crippen molar-refractivity contribution in [2.75, 3.05) is 12.4 Å². The monoisotopic (exact) mass is 276 g/mol. The van der Waals surface area contributed by atoms with Crippen molar-refractivity contribution in [1.29, 1.82) is 0 Å². The first-order valence-corrected chi connectivity index (χ1v) is 5.54. The highest BCUT2D eigenvalue weighted by Gasteiger charge is 2.15. The van der Waals surface area contributed by atoms with Gasteiger partial charge in [0.2, 0.25) is 0 Å². The molecule has 0 fully saturated rings. The second-order valence-corrected chi connectivity index (χ2v) is 4.27. The van der Waals surface area contributed by atoms with Crippen molar-refractivity contribution in [3.63, 3.8) is 0 Å². The number of nitrogens with zero attached hydrogens (tertiary/aromatic N) is 1. The van der Waals surface area contributed by atoms with Crippen LogP contribution in [0.2, 0.25) is 10.0 Å². The first-order valence-electron chi connectivity index (χ1n) is 4.78. The van der Waals surface area contributed by atoms with Crippen molar-refractivity contribution in [1.82, 2.24) is 4.98 Å². The Morgan fingerprint density at radius 3 is 2.53 bits per heavy atom. The second-order valence-electron chi connectivity index (χ2n) is 3.43. The summed E-state index contributed by atoms with van der Waals surface area (Å²) in [6.07, 6.45) is -2.63. The molecule has 6 heteroatoms. The zero-order valence-corrected chi connectivity index (χ0v) is 10.3. The maximum absolute atomic E-state index is 12.7. The third-order valence-electron chi connectivity index (χ3n) is 2.34. The molecule has 0 radical (unpaired) electrons. The summed E-state index contributed by atoms with van der Waals surface area (Å²) in [6.45, 7) is 0. The van der Waals surface area contributed by atoms with E-state index in [2.05, 4.69) is 10.3 Å². The van der Waals surface area contributed by atoms with Crippen LogP contribution in [-0.2, 0) is 0 Å². The largest absolute Gasteiger partial charge is 0.387 e. The fourth-order valence-corrected chi connectivity index (χ4v) is 2.20. The van der Waals surface area contributed by atoms with Crippen LogP contribution in [0.3, 0.4) is 0 Å². The number of hydrogen-bond donors (Lipinski definition) is 1. The predicted molar refractivity (Wildman–Crippen MR) is 66.3 cm³/mol. The Labute approximate surface area is 107 Å². The molecule has 0 unspecified atom stereocenters.